The summed E-state index contributed by atoms with van der Waals surface area (Å²) in [5.74, 6) is 0.763. The number of halogens is 1. The molecule has 4 nitrogen and oxygen atoms in total. The highest BCUT2D eigenvalue weighted by Crippen LogP contribution is 2.29. The lowest BCUT2D eigenvalue weighted by Gasteiger charge is -2.22. The van der Waals surface area contributed by atoms with E-state index in [1.165, 1.54) is 0 Å². The van der Waals surface area contributed by atoms with E-state index in [0.717, 1.165) is 12.4 Å². The maximum absolute atomic E-state index is 11.7. The van der Waals surface area contributed by atoms with Gasteiger partial charge < -0.3 is 10.2 Å². The third kappa shape index (κ3) is 1.97. The molecule has 5 heteroatoms. The molecule has 1 unspecified atom stereocenters. The number of aromatic nitrogens is 1. The molecular weight excluding hydrogens is 226 g/mol. The number of fused-ring (bicyclic) bond motifs is 1. The van der Waals surface area contributed by atoms with Gasteiger partial charge in [0.05, 0.1) is 16.6 Å². The van der Waals surface area contributed by atoms with Gasteiger partial charge in [0, 0.05) is 19.3 Å². The number of rotatable bonds is 1. The standard InChI is InChI=1S/C11H14ClN3O/c1-3-15-6-7(2)11(16)14-9-4-8(12)5-13-10(9)15/h4-5,7H,3,6H2,1-2H3,(H,14,16). The maximum atomic E-state index is 11.7. The van der Waals surface area contributed by atoms with Crippen molar-refractivity contribution in [1.82, 2.24) is 4.98 Å². The number of hydrogen-bond donors (Lipinski definition) is 1. The zero-order valence-electron chi connectivity index (χ0n) is 9.33. The van der Waals surface area contributed by atoms with Crippen LogP contribution in [0.15, 0.2) is 12.3 Å². The van der Waals surface area contributed by atoms with E-state index in [1.807, 2.05) is 13.8 Å². The molecule has 2 rings (SSSR count). The van der Waals surface area contributed by atoms with E-state index in [-0.39, 0.29) is 11.8 Å². The number of anilines is 2. The van der Waals surface area contributed by atoms with Crippen LogP contribution in [0.3, 0.4) is 0 Å². The van der Waals surface area contributed by atoms with Crippen molar-refractivity contribution in [3.63, 3.8) is 0 Å². The number of carbonyl (C=O) groups excluding carboxylic acids is 1. The Morgan fingerprint density at radius 2 is 2.44 bits per heavy atom. The average molecular weight is 240 g/mol. The molecule has 0 saturated heterocycles. The molecule has 0 saturated carbocycles. The highest BCUT2D eigenvalue weighted by Gasteiger charge is 2.24. The number of hydrogen-bond acceptors (Lipinski definition) is 3. The van der Waals surface area contributed by atoms with Crippen LogP contribution in [0.4, 0.5) is 11.5 Å². The van der Waals surface area contributed by atoms with Crippen LogP contribution in [-0.2, 0) is 4.79 Å². The summed E-state index contributed by atoms with van der Waals surface area (Å²) in [5.41, 5.74) is 0.698. The van der Waals surface area contributed by atoms with Gasteiger partial charge in [0.1, 0.15) is 0 Å². The smallest absolute Gasteiger partial charge is 0.229 e. The largest absolute Gasteiger partial charge is 0.354 e. The normalized spacial score (nSPS) is 20.1. The molecule has 1 amide bonds. The van der Waals surface area contributed by atoms with E-state index in [9.17, 15) is 4.79 Å². The van der Waals surface area contributed by atoms with E-state index >= 15 is 0 Å². The van der Waals surface area contributed by atoms with Gasteiger partial charge in [-0.25, -0.2) is 4.98 Å². The second-order valence-corrected chi connectivity index (χ2v) is 4.39. The maximum Gasteiger partial charge on any atom is 0.229 e. The highest BCUT2D eigenvalue weighted by atomic mass is 35.5. The Morgan fingerprint density at radius 1 is 1.69 bits per heavy atom. The minimum absolute atomic E-state index is 0.0151. The van der Waals surface area contributed by atoms with Gasteiger partial charge in [0.15, 0.2) is 5.82 Å². The predicted molar refractivity (Wildman–Crippen MR) is 64.9 cm³/mol. The minimum atomic E-state index is -0.0482. The SMILES string of the molecule is CCN1CC(C)C(=O)Nc2cc(Cl)cnc21. The van der Waals surface area contributed by atoms with E-state index in [0.29, 0.717) is 17.3 Å². The summed E-state index contributed by atoms with van der Waals surface area (Å²) in [6.07, 6.45) is 1.60. The molecule has 1 aliphatic rings. The van der Waals surface area contributed by atoms with Gasteiger partial charge >= 0.3 is 0 Å². The minimum Gasteiger partial charge on any atom is -0.354 e. The molecule has 0 spiro atoms. The number of nitrogens with zero attached hydrogens (tertiary/aromatic N) is 2. The van der Waals surface area contributed by atoms with Gasteiger partial charge in [0.25, 0.3) is 0 Å². The summed E-state index contributed by atoms with van der Waals surface area (Å²) in [6.45, 7) is 5.46. The Kier molecular flexibility index (Phi) is 3.01. The van der Waals surface area contributed by atoms with Crippen molar-refractivity contribution in [2.75, 3.05) is 23.3 Å². The fourth-order valence-electron chi connectivity index (χ4n) is 1.81. The molecule has 86 valence electrons. The van der Waals surface area contributed by atoms with E-state index in [2.05, 4.69) is 15.2 Å². The quantitative estimate of drug-likeness (QED) is 0.817. The molecule has 0 bridgehead atoms. The van der Waals surface area contributed by atoms with Gasteiger partial charge in [0.2, 0.25) is 5.91 Å². The molecule has 0 fully saturated rings. The molecular formula is C11H14ClN3O. The van der Waals surface area contributed by atoms with Crippen molar-refractivity contribution in [1.29, 1.82) is 0 Å². The zero-order valence-corrected chi connectivity index (χ0v) is 10.1. The van der Waals surface area contributed by atoms with Crippen LogP contribution in [0.5, 0.6) is 0 Å². The van der Waals surface area contributed by atoms with Crippen molar-refractivity contribution in [3.8, 4) is 0 Å². The average Bonchev–Trinajstić information content (AvgIpc) is 2.36. The van der Waals surface area contributed by atoms with Crippen molar-refractivity contribution in [3.05, 3.63) is 17.3 Å². The Labute approximate surface area is 99.6 Å². The lowest BCUT2D eigenvalue weighted by Crippen LogP contribution is -2.30. The third-order valence-corrected chi connectivity index (χ3v) is 2.92. The fourth-order valence-corrected chi connectivity index (χ4v) is 1.97. The summed E-state index contributed by atoms with van der Waals surface area (Å²) in [6, 6.07) is 1.74. The zero-order chi connectivity index (χ0) is 11.7. The lowest BCUT2D eigenvalue weighted by molar-refractivity contribution is -0.119. The molecule has 1 aliphatic heterocycles. The highest BCUT2D eigenvalue weighted by molar-refractivity contribution is 6.31. The predicted octanol–water partition coefficient (Wildman–Crippen LogP) is 2.15. The Balaban J connectivity index is 2.46. The number of carbonyl (C=O) groups is 1. The second-order valence-electron chi connectivity index (χ2n) is 3.95. The van der Waals surface area contributed by atoms with Gasteiger partial charge in [-0.1, -0.05) is 18.5 Å². The Hall–Kier alpha value is -1.29. The summed E-state index contributed by atoms with van der Waals surface area (Å²) in [4.78, 5) is 18.1. The first-order chi connectivity index (χ1) is 7.61. The van der Waals surface area contributed by atoms with E-state index < -0.39 is 0 Å². The molecule has 1 atom stereocenters. The Morgan fingerprint density at radius 3 is 3.12 bits per heavy atom. The van der Waals surface area contributed by atoms with E-state index in [4.69, 9.17) is 11.6 Å². The second kappa shape index (κ2) is 4.29. The topological polar surface area (TPSA) is 45.2 Å². The van der Waals surface area contributed by atoms with Crippen molar-refractivity contribution in [2.24, 2.45) is 5.92 Å². The van der Waals surface area contributed by atoms with Gasteiger partial charge in [-0.05, 0) is 13.0 Å². The first-order valence-corrected chi connectivity index (χ1v) is 5.71. The van der Waals surface area contributed by atoms with Gasteiger partial charge in [-0.15, -0.1) is 0 Å². The summed E-state index contributed by atoms with van der Waals surface area (Å²) < 4.78 is 0. The molecule has 2 heterocycles. The monoisotopic (exact) mass is 239 g/mol. The first kappa shape index (κ1) is 11.2. The van der Waals surface area contributed by atoms with Crippen LogP contribution in [0.1, 0.15) is 13.8 Å². The van der Waals surface area contributed by atoms with Crippen LogP contribution in [-0.4, -0.2) is 24.0 Å². The number of amides is 1. The first-order valence-electron chi connectivity index (χ1n) is 5.33. The van der Waals surface area contributed by atoms with Crippen molar-refractivity contribution < 1.29 is 4.79 Å². The van der Waals surface area contributed by atoms with Crippen molar-refractivity contribution >= 4 is 29.0 Å². The van der Waals surface area contributed by atoms with Gasteiger partial charge in [-0.2, -0.15) is 0 Å². The molecule has 1 aromatic rings. The number of nitrogens with one attached hydrogen (secondary N) is 1. The summed E-state index contributed by atoms with van der Waals surface area (Å²) >= 11 is 5.87. The van der Waals surface area contributed by atoms with Crippen LogP contribution in [0.25, 0.3) is 0 Å². The number of pyridine rings is 1. The van der Waals surface area contributed by atoms with Crippen LogP contribution < -0.4 is 10.2 Å². The fraction of sp³-hybridized carbons (Fsp3) is 0.455. The molecule has 1 N–H and O–H groups in total. The lowest BCUT2D eigenvalue weighted by atomic mass is 10.1. The van der Waals surface area contributed by atoms with Crippen LogP contribution >= 0.6 is 11.6 Å². The summed E-state index contributed by atoms with van der Waals surface area (Å²) in [5, 5.41) is 3.38. The molecule has 0 aliphatic carbocycles. The van der Waals surface area contributed by atoms with Crippen molar-refractivity contribution in [2.45, 2.75) is 13.8 Å². The van der Waals surface area contributed by atoms with Crippen LogP contribution in [0.2, 0.25) is 5.02 Å². The molecule has 1 aromatic heterocycles. The third-order valence-electron chi connectivity index (χ3n) is 2.71. The van der Waals surface area contributed by atoms with Gasteiger partial charge in [-0.3, -0.25) is 4.79 Å². The molecule has 0 radical (unpaired) electrons. The Bertz CT molecular complexity index is 422. The molecule has 16 heavy (non-hydrogen) atoms. The summed E-state index contributed by atoms with van der Waals surface area (Å²) in [7, 11) is 0. The van der Waals surface area contributed by atoms with Crippen LogP contribution in [0, 0.1) is 5.92 Å². The molecule has 0 aromatic carbocycles. The van der Waals surface area contributed by atoms with E-state index in [1.54, 1.807) is 12.3 Å².